The van der Waals surface area contributed by atoms with Gasteiger partial charge in [0.1, 0.15) is 18.7 Å². The van der Waals surface area contributed by atoms with Crippen LogP contribution in [0, 0.1) is 18.3 Å². The largest absolute Gasteiger partial charge is 0.458 e. The Morgan fingerprint density at radius 2 is 1.78 bits per heavy atom. The molecule has 7 heteroatoms. The van der Waals surface area contributed by atoms with Crippen molar-refractivity contribution in [3.63, 3.8) is 0 Å². The summed E-state index contributed by atoms with van der Waals surface area (Å²) in [7, 11) is 0. The van der Waals surface area contributed by atoms with E-state index in [1.165, 1.54) is 6.08 Å². The summed E-state index contributed by atoms with van der Waals surface area (Å²) in [6, 6.07) is 24.8. The molecule has 3 rings (SSSR count). The van der Waals surface area contributed by atoms with E-state index >= 15 is 0 Å². The minimum atomic E-state index is -0.787. The first-order valence-electron chi connectivity index (χ1n) is 12.0. The molecule has 1 amide bonds. The molecule has 37 heavy (non-hydrogen) atoms. The molecular formula is C30H31N3O4. The summed E-state index contributed by atoms with van der Waals surface area (Å²) in [4.78, 5) is 26.5. The van der Waals surface area contributed by atoms with E-state index in [0.717, 1.165) is 16.7 Å². The van der Waals surface area contributed by atoms with Gasteiger partial charge in [0.15, 0.2) is 0 Å². The molecule has 0 aliphatic carbocycles. The van der Waals surface area contributed by atoms with Crippen molar-refractivity contribution in [3.05, 3.63) is 114 Å². The fraction of sp³-hybridized carbons (Fsp3) is 0.233. The Kier molecular flexibility index (Phi) is 10.0. The van der Waals surface area contributed by atoms with Crippen molar-refractivity contribution >= 4 is 17.6 Å². The van der Waals surface area contributed by atoms with E-state index in [4.69, 9.17) is 15.2 Å². The molecule has 0 bridgehead atoms. The van der Waals surface area contributed by atoms with Gasteiger partial charge in [-0.15, -0.1) is 0 Å². The van der Waals surface area contributed by atoms with Gasteiger partial charge in [-0.2, -0.15) is 5.26 Å². The van der Waals surface area contributed by atoms with Crippen LogP contribution in [-0.2, 0) is 27.3 Å². The lowest BCUT2D eigenvalue weighted by Gasteiger charge is -2.35. The monoisotopic (exact) mass is 497 g/mol. The van der Waals surface area contributed by atoms with E-state index < -0.39 is 24.0 Å². The van der Waals surface area contributed by atoms with Crippen LogP contribution >= 0.6 is 0 Å². The van der Waals surface area contributed by atoms with Crippen molar-refractivity contribution in [2.45, 2.75) is 32.0 Å². The van der Waals surface area contributed by atoms with Crippen LogP contribution in [0.2, 0.25) is 0 Å². The summed E-state index contributed by atoms with van der Waals surface area (Å²) in [5.41, 5.74) is 9.74. The second-order valence-corrected chi connectivity index (χ2v) is 8.60. The lowest BCUT2D eigenvalue weighted by molar-refractivity contribution is -0.119. The maximum absolute atomic E-state index is 12.7. The number of amides is 1. The van der Waals surface area contributed by atoms with Crippen LogP contribution in [0.25, 0.3) is 0 Å². The van der Waals surface area contributed by atoms with Crippen LogP contribution in [0.3, 0.4) is 0 Å². The fourth-order valence-electron chi connectivity index (χ4n) is 4.05. The van der Waals surface area contributed by atoms with Crippen LogP contribution in [-0.4, -0.2) is 37.2 Å². The zero-order valence-electron chi connectivity index (χ0n) is 20.9. The molecule has 3 aromatic rings. The summed E-state index contributed by atoms with van der Waals surface area (Å²) >= 11 is 0. The number of esters is 1. The van der Waals surface area contributed by atoms with Crippen LogP contribution in [0.5, 0.6) is 0 Å². The summed E-state index contributed by atoms with van der Waals surface area (Å²) in [5, 5.41) is 10.1. The highest BCUT2D eigenvalue weighted by molar-refractivity contribution is 5.89. The van der Waals surface area contributed by atoms with E-state index in [1.54, 1.807) is 23.1 Å². The molecule has 0 radical (unpaired) electrons. The first kappa shape index (κ1) is 27.2. The molecular weight excluding hydrogens is 466 g/mol. The SMILES string of the molecule is C=CCOC(=O)c1cccc(COC[C@H](C#N)N(c2ccccc2)[C@@H](Cc2cccc(C)c2)C(N)=O)c1. The Morgan fingerprint density at radius 1 is 1.05 bits per heavy atom. The molecule has 2 atom stereocenters. The normalized spacial score (nSPS) is 12.1. The molecule has 0 saturated carbocycles. The van der Waals surface area contributed by atoms with Crippen molar-refractivity contribution in [2.24, 2.45) is 5.73 Å². The Bertz CT molecular complexity index is 1250. The van der Waals surface area contributed by atoms with Crippen molar-refractivity contribution in [3.8, 4) is 6.07 Å². The molecule has 7 nitrogen and oxygen atoms in total. The maximum Gasteiger partial charge on any atom is 0.338 e. The van der Waals surface area contributed by atoms with Crippen molar-refractivity contribution < 1.29 is 19.1 Å². The van der Waals surface area contributed by atoms with Gasteiger partial charge in [-0.05, 0) is 42.3 Å². The first-order chi connectivity index (χ1) is 17.9. The van der Waals surface area contributed by atoms with Gasteiger partial charge in [0.2, 0.25) is 5.91 Å². The molecule has 0 aliphatic heterocycles. The van der Waals surface area contributed by atoms with Crippen molar-refractivity contribution in [2.75, 3.05) is 18.1 Å². The van der Waals surface area contributed by atoms with E-state index in [2.05, 4.69) is 12.6 Å². The molecule has 0 aromatic heterocycles. The standard InChI is InChI=1S/C30H31N3O4/c1-3-15-37-30(35)25-12-8-11-24(17-25)20-36-21-27(19-31)33(26-13-5-4-6-14-26)28(29(32)34)18-23-10-7-9-22(2)16-23/h3-14,16-17,27-28H,1,15,18,20-21H2,2H3,(H2,32,34)/t27-,28-/m0/s1. The van der Waals surface area contributed by atoms with E-state index in [9.17, 15) is 14.9 Å². The van der Waals surface area contributed by atoms with Gasteiger partial charge >= 0.3 is 5.97 Å². The number of nitrogens with zero attached hydrogens (tertiary/aromatic N) is 2. The number of benzene rings is 3. The Labute approximate surface area is 217 Å². The number of nitriles is 1. The highest BCUT2D eigenvalue weighted by Gasteiger charge is 2.31. The number of nitrogens with two attached hydrogens (primary N) is 1. The number of carbonyl (C=O) groups is 2. The summed E-state index contributed by atoms with van der Waals surface area (Å²) in [5.74, 6) is -0.983. The Morgan fingerprint density at radius 3 is 2.46 bits per heavy atom. The van der Waals surface area contributed by atoms with Crippen LogP contribution in [0.15, 0.2) is 91.5 Å². The van der Waals surface area contributed by atoms with Gasteiger partial charge in [0.25, 0.3) is 0 Å². The van der Waals surface area contributed by atoms with Crippen molar-refractivity contribution in [1.29, 1.82) is 5.26 Å². The van der Waals surface area contributed by atoms with E-state index in [-0.39, 0.29) is 19.8 Å². The maximum atomic E-state index is 12.7. The number of carbonyl (C=O) groups excluding carboxylic acids is 2. The molecule has 0 spiro atoms. The zero-order valence-corrected chi connectivity index (χ0v) is 20.9. The predicted molar refractivity (Wildman–Crippen MR) is 143 cm³/mol. The smallest absolute Gasteiger partial charge is 0.338 e. The van der Waals surface area contributed by atoms with Gasteiger partial charge in [-0.3, -0.25) is 4.79 Å². The van der Waals surface area contributed by atoms with Crippen LogP contribution in [0.1, 0.15) is 27.0 Å². The molecule has 0 saturated heterocycles. The third kappa shape index (κ3) is 7.79. The third-order valence-electron chi connectivity index (χ3n) is 5.75. The van der Waals surface area contributed by atoms with E-state index in [1.807, 2.05) is 67.6 Å². The zero-order chi connectivity index (χ0) is 26.6. The summed E-state index contributed by atoms with van der Waals surface area (Å²) < 4.78 is 11.0. The average Bonchev–Trinajstić information content (AvgIpc) is 2.91. The number of primary amides is 1. The minimum absolute atomic E-state index is 0.0220. The number of hydrogen-bond acceptors (Lipinski definition) is 6. The molecule has 0 heterocycles. The number of anilines is 1. The highest BCUT2D eigenvalue weighted by Crippen LogP contribution is 2.23. The molecule has 190 valence electrons. The number of hydrogen-bond donors (Lipinski definition) is 1. The quantitative estimate of drug-likeness (QED) is 0.278. The topological polar surface area (TPSA) is 106 Å². The molecule has 2 N–H and O–H groups in total. The first-order valence-corrected chi connectivity index (χ1v) is 12.0. The van der Waals surface area contributed by atoms with E-state index in [0.29, 0.717) is 17.7 Å². The molecule has 0 fully saturated rings. The second-order valence-electron chi connectivity index (χ2n) is 8.60. The van der Waals surface area contributed by atoms with Gasteiger partial charge < -0.3 is 20.1 Å². The van der Waals surface area contributed by atoms with Gasteiger partial charge in [-0.1, -0.05) is 72.8 Å². The Balaban J connectivity index is 1.79. The Hall–Kier alpha value is -4.41. The predicted octanol–water partition coefficient (Wildman–Crippen LogP) is 4.35. The van der Waals surface area contributed by atoms with Crippen molar-refractivity contribution in [1.82, 2.24) is 0 Å². The average molecular weight is 498 g/mol. The third-order valence-corrected chi connectivity index (χ3v) is 5.75. The fourth-order valence-corrected chi connectivity index (χ4v) is 4.05. The van der Waals surface area contributed by atoms with Gasteiger partial charge in [-0.25, -0.2) is 4.79 Å². The molecule has 3 aromatic carbocycles. The lowest BCUT2D eigenvalue weighted by atomic mass is 10.00. The second kappa shape index (κ2) is 13.6. The van der Waals surface area contributed by atoms with Gasteiger partial charge in [0, 0.05) is 12.1 Å². The van der Waals surface area contributed by atoms with Gasteiger partial charge in [0.05, 0.1) is 24.8 Å². The number of para-hydroxylation sites is 1. The van der Waals surface area contributed by atoms with Crippen LogP contribution < -0.4 is 10.6 Å². The summed E-state index contributed by atoms with van der Waals surface area (Å²) in [6.45, 7) is 5.84. The molecule has 0 unspecified atom stereocenters. The number of ether oxygens (including phenoxy) is 2. The minimum Gasteiger partial charge on any atom is -0.458 e. The lowest BCUT2D eigenvalue weighted by Crippen LogP contribution is -2.52. The van der Waals surface area contributed by atoms with Crippen LogP contribution in [0.4, 0.5) is 5.69 Å². The molecule has 0 aliphatic rings. The highest BCUT2D eigenvalue weighted by atomic mass is 16.5. The number of aryl methyl sites for hydroxylation is 1. The number of rotatable bonds is 13. The summed E-state index contributed by atoms with van der Waals surface area (Å²) in [6.07, 6.45) is 1.85.